The van der Waals surface area contributed by atoms with E-state index in [2.05, 4.69) is 10.6 Å². The third kappa shape index (κ3) is 2.98. The summed E-state index contributed by atoms with van der Waals surface area (Å²) in [5.41, 5.74) is 2.16. The smallest absolute Gasteiger partial charge is 0.228 e. The molecule has 5 heteroatoms. The first-order chi connectivity index (χ1) is 10.6. The Bertz CT molecular complexity index is 730. The fourth-order valence-corrected chi connectivity index (χ4v) is 2.60. The Balaban J connectivity index is 1.74. The molecule has 0 bridgehead atoms. The number of fused-ring (bicyclic) bond motifs is 1. The van der Waals surface area contributed by atoms with Crippen LogP contribution in [0.25, 0.3) is 0 Å². The van der Waals surface area contributed by atoms with E-state index in [1.54, 1.807) is 18.2 Å². The van der Waals surface area contributed by atoms with Crippen LogP contribution < -0.4 is 10.6 Å². The quantitative estimate of drug-likeness (QED) is 0.915. The standard InChI is InChI=1S/C17H15FN2O2/c18-12-5-3-4-11(8-12)10-19-17(22)14-9-16(21)20-15-7-2-1-6-13(14)15/h1-8,14H,9-10H2,(H,19,22)(H,20,21). The topological polar surface area (TPSA) is 58.2 Å². The van der Waals surface area contributed by atoms with Crippen molar-refractivity contribution in [3.8, 4) is 0 Å². The fourth-order valence-electron chi connectivity index (χ4n) is 2.60. The summed E-state index contributed by atoms with van der Waals surface area (Å²) in [6, 6.07) is 13.3. The van der Waals surface area contributed by atoms with Gasteiger partial charge in [-0.15, -0.1) is 0 Å². The van der Waals surface area contributed by atoms with Gasteiger partial charge in [-0.05, 0) is 29.3 Å². The number of carbonyl (C=O) groups excluding carboxylic acids is 2. The number of para-hydroxylation sites is 1. The number of hydrogen-bond acceptors (Lipinski definition) is 2. The van der Waals surface area contributed by atoms with E-state index in [-0.39, 0.29) is 30.6 Å². The Morgan fingerprint density at radius 2 is 2.05 bits per heavy atom. The highest BCUT2D eigenvalue weighted by Gasteiger charge is 2.30. The molecule has 112 valence electrons. The predicted octanol–water partition coefficient (Wildman–Crippen LogP) is 2.57. The van der Waals surface area contributed by atoms with Crippen LogP contribution in [0, 0.1) is 5.82 Å². The van der Waals surface area contributed by atoms with Crippen molar-refractivity contribution in [3.63, 3.8) is 0 Å². The van der Waals surface area contributed by atoms with Crippen LogP contribution in [0.1, 0.15) is 23.5 Å². The summed E-state index contributed by atoms with van der Waals surface area (Å²) in [4.78, 5) is 24.1. The number of benzene rings is 2. The zero-order valence-electron chi connectivity index (χ0n) is 11.8. The van der Waals surface area contributed by atoms with E-state index < -0.39 is 5.92 Å². The zero-order valence-corrected chi connectivity index (χ0v) is 11.8. The van der Waals surface area contributed by atoms with Gasteiger partial charge in [-0.2, -0.15) is 0 Å². The van der Waals surface area contributed by atoms with Crippen molar-refractivity contribution in [2.45, 2.75) is 18.9 Å². The van der Waals surface area contributed by atoms with Gasteiger partial charge in [0.05, 0.1) is 5.92 Å². The molecular weight excluding hydrogens is 283 g/mol. The van der Waals surface area contributed by atoms with Crippen molar-refractivity contribution >= 4 is 17.5 Å². The van der Waals surface area contributed by atoms with Crippen LogP contribution in [-0.2, 0) is 16.1 Å². The second kappa shape index (κ2) is 5.97. The van der Waals surface area contributed by atoms with Crippen molar-refractivity contribution in [1.29, 1.82) is 0 Å². The van der Waals surface area contributed by atoms with E-state index in [4.69, 9.17) is 0 Å². The molecule has 0 fully saturated rings. The second-order valence-electron chi connectivity index (χ2n) is 5.24. The first kappa shape index (κ1) is 14.3. The Labute approximate surface area is 127 Å². The molecule has 0 aliphatic carbocycles. The molecule has 4 nitrogen and oxygen atoms in total. The Kier molecular flexibility index (Phi) is 3.87. The molecule has 22 heavy (non-hydrogen) atoms. The first-order valence-electron chi connectivity index (χ1n) is 7.04. The summed E-state index contributed by atoms with van der Waals surface area (Å²) in [5, 5.41) is 5.53. The summed E-state index contributed by atoms with van der Waals surface area (Å²) in [7, 11) is 0. The van der Waals surface area contributed by atoms with Crippen molar-refractivity contribution in [1.82, 2.24) is 5.32 Å². The minimum atomic E-state index is -0.515. The molecule has 2 amide bonds. The van der Waals surface area contributed by atoms with Crippen LogP contribution in [0.5, 0.6) is 0 Å². The molecule has 1 atom stereocenters. The maximum atomic E-state index is 13.1. The Morgan fingerprint density at radius 3 is 2.86 bits per heavy atom. The second-order valence-corrected chi connectivity index (χ2v) is 5.24. The number of carbonyl (C=O) groups is 2. The third-order valence-electron chi connectivity index (χ3n) is 3.67. The fraction of sp³-hybridized carbons (Fsp3) is 0.176. The highest BCUT2D eigenvalue weighted by Crippen LogP contribution is 2.31. The van der Waals surface area contributed by atoms with E-state index in [9.17, 15) is 14.0 Å². The van der Waals surface area contributed by atoms with Gasteiger partial charge in [-0.3, -0.25) is 9.59 Å². The SMILES string of the molecule is O=C1CC(C(=O)NCc2cccc(F)c2)c2ccccc2N1. The van der Waals surface area contributed by atoms with E-state index >= 15 is 0 Å². The average Bonchev–Trinajstić information content (AvgIpc) is 2.52. The number of hydrogen-bond donors (Lipinski definition) is 2. The van der Waals surface area contributed by atoms with Gasteiger partial charge in [0, 0.05) is 18.7 Å². The molecule has 1 heterocycles. The van der Waals surface area contributed by atoms with Gasteiger partial charge >= 0.3 is 0 Å². The summed E-state index contributed by atoms with van der Waals surface area (Å²) in [6.45, 7) is 0.233. The summed E-state index contributed by atoms with van der Waals surface area (Å²) in [5.74, 6) is -1.26. The Hall–Kier alpha value is -2.69. The van der Waals surface area contributed by atoms with Gasteiger partial charge in [-0.25, -0.2) is 4.39 Å². The molecule has 2 aromatic carbocycles. The average molecular weight is 298 g/mol. The molecule has 1 aliphatic heterocycles. The lowest BCUT2D eigenvalue weighted by Gasteiger charge is -2.24. The largest absolute Gasteiger partial charge is 0.351 e. The van der Waals surface area contributed by atoms with Crippen molar-refractivity contribution in [2.24, 2.45) is 0 Å². The van der Waals surface area contributed by atoms with Gasteiger partial charge in [-0.1, -0.05) is 30.3 Å². The maximum absolute atomic E-state index is 13.1. The van der Waals surface area contributed by atoms with Crippen LogP contribution in [-0.4, -0.2) is 11.8 Å². The molecule has 1 unspecified atom stereocenters. The zero-order chi connectivity index (χ0) is 15.5. The molecule has 3 rings (SSSR count). The first-order valence-corrected chi connectivity index (χ1v) is 7.04. The minimum Gasteiger partial charge on any atom is -0.351 e. The normalized spacial score (nSPS) is 16.6. The number of anilines is 1. The van der Waals surface area contributed by atoms with Gasteiger partial charge in [0.1, 0.15) is 5.82 Å². The predicted molar refractivity (Wildman–Crippen MR) is 80.7 cm³/mol. The lowest BCUT2D eigenvalue weighted by molar-refractivity contribution is -0.126. The molecule has 0 spiro atoms. The van der Waals surface area contributed by atoms with Gasteiger partial charge in [0.2, 0.25) is 11.8 Å². The molecule has 2 aromatic rings. The monoisotopic (exact) mass is 298 g/mol. The van der Waals surface area contributed by atoms with E-state index in [1.165, 1.54) is 12.1 Å². The van der Waals surface area contributed by atoms with Crippen LogP contribution in [0.3, 0.4) is 0 Å². The molecule has 0 aromatic heterocycles. The van der Waals surface area contributed by atoms with E-state index in [1.807, 2.05) is 18.2 Å². The van der Waals surface area contributed by atoms with Crippen LogP contribution in [0.4, 0.5) is 10.1 Å². The van der Waals surface area contributed by atoms with Crippen molar-refractivity contribution < 1.29 is 14.0 Å². The van der Waals surface area contributed by atoms with Crippen molar-refractivity contribution in [3.05, 3.63) is 65.5 Å². The molecule has 0 saturated heterocycles. The van der Waals surface area contributed by atoms with Gasteiger partial charge in [0.25, 0.3) is 0 Å². The minimum absolute atomic E-state index is 0.117. The molecular formula is C17H15FN2O2. The molecule has 2 N–H and O–H groups in total. The summed E-state index contributed by atoms with van der Waals surface area (Å²) in [6.07, 6.45) is 0.117. The van der Waals surface area contributed by atoms with E-state index in [0.717, 1.165) is 5.56 Å². The van der Waals surface area contributed by atoms with Gasteiger partial charge in [0.15, 0.2) is 0 Å². The van der Waals surface area contributed by atoms with E-state index in [0.29, 0.717) is 11.3 Å². The van der Waals surface area contributed by atoms with Crippen LogP contribution in [0.2, 0.25) is 0 Å². The van der Waals surface area contributed by atoms with Crippen molar-refractivity contribution in [2.75, 3.05) is 5.32 Å². The maximum Gasteiger partial charge on any atom is 0.228 e. The number of amides is 2. The van der Waals surface area contributed by atoms with Gasteiger partial charge < -0.3 is 10.6 Å². The summed E-state index contributed by atoms with van der Waals surface area (Å²) >= 11 is 0. The number of rotatable bonds is 3. The van der Waals surface area contributed by atoms with Crippen LogP contribution >= 0.6 is 0 Å². The summed E-state index contributed by atoms with van der Waals surface area (Å²) < 4.78 is 13.1. The highest BCUT2D eigenvalue weighted by atomic mass is 19.1. The highest BCUT2D eigenvalue weighted by molar-refractivity contribution is 6.01. The molecule has 1 aliphatic rings. The lowest BCUT2D eigenvalue weighted by Crippen LogP contribution is -2.34. The van der Waals surface area contributed by atoms with Crippen LogP contribution in [0.15, 0.2) is 48.5 Å². The lowest BCUT2D eigenvalue weighted by atomic mass is 9.90. The molecule has 0 radical (unpaired) electrons. The molecule has 0 saturated carbocycles. The number of halogens is 1. The number of nitrogens with one attached hydrogen (secondary N) is 2. The Morgan fingerprint density at radius 1 is 1.23 bits per heavy atom. The third-order valence-corrected chi connectivity index (χ3v) is 3.67.